The van der Waals surface area contributed by atoms with Crippen LogP contribution in [0.4, 0.5) is 10.5 Å². The third-order valence-electron chi connectivity index (χ3n) is 4.14. The summed E-state index contributed by atoms with van der Waals surface area (Å²) < 4.78 is 2.23. The Morgan fingerprint density at radius 3 is 2.70 bits per heavy atom. The molecular weight excluding hydrogens is 306 g/mol. The first kappa shape index (κ1) is 14.1. The molecule has 116 valence electrons. The minimum absolute atomic E-state index is 0.0255. The van der Waals surface area contributed by atoms with E-state index in [1.165, 1.54) is 10.6 Å². The van der Waals surface area contributed by atoms with Crippen molar-refractivity contribution in [1.82, 2.24) is 9.47 Å². The molecule has 1 N–H and O–H groups in total. The lowest BCUT2D eigenvalue weighted by atomic mass is 10.1. The molecule has 0 fully saturated rings. The second kappa shape index (κ2) is 5.93. The number of carbonyl (C=O) groups is 1. The number of anilines is 1. The second-order valence-electron chi connectivity index (χ2n) is 5.53. The molecule has 4 rings (SSSR count). The first-order chi connectivity index (χ1) is 11.3. The van der Waals surface area contributed by atoms with Crippen molar-refractivity contribution in [2.24, 2.45) is 0 Å². The summed E-state index contributed by atoms with van der Waals surface area (Å²) in [6.45, 7) is 1.52. The van der Waals surface area contributed by atoms with Gasteiger partial charge in [0.2, 0.25) is 0 Å². The molecule has 5 heteroatoms. The molecule has 0 bridgehead atoms. The van der Waals surface area contributed by atoms with Crippen molar-refractivity contribution in [2.75, 3.05) is 11.9 Å². The molecule has 0 saturated carbocycles. The molecule has 3 heterocycles. The average molecular weight is 323 g/mol. The number of benzene rings is 1. The van der Waals surface area contributed by atoms with Crippen molar-refractivity contribution < 1.29 is 4.79 Å². The third kappa shape index (κ3) is 2.64. The molecule has 1 atom stereocenters. The quantitative estimate of drug-likeness (QED) is 0.754. The largest absolute Gasteiger partial charge is 0.347 e. The van der Waals surface area contributed by atoms with Gasteiger partial charge in [0, 0.05) is 35.5 Å². The maximum absolute atomic E-state index is 12.8. The van der Waals surface area contributed by atoms with Gasteiger partial charge in [-0.1, -0.05) is 24.3 Å². The zero-order valence-corrected chi connectivity index (χ0v) is 13.4. The molecule has 0 aliphatic carbocycles. The van der Waals surface area contributed by atoms with E-state index in [2.05, 4.69) is 39.7 Å². The number of thiophene rings is 1. The van der Waals surface area contributed by atoms with E-state index < -0.39 is 0 Å². The molecule has 3 aromatic rings. The normalized spacial score (nSPS) is 16.9. The van der Waals surface area contributed by atoms with Crippen molar-refractivity contribution in [3.63, 3.8) is 0 Å². The van der Waals surface area contributed by atoms with E-state index in [1.807, 2.05) is 41.3 Å². The lowest BCUT2D eigenvalue weighted by molar-refractivity contribution is 0.183. The van der Waals surface area contributed by atoms with Gasteiger partial charge in [-0.15, -0.1) is 11.3 Å². The van der Waals surface area contributed by atoms with Gasteiger partial charge >= 0.3 is 6.03 Å². The molecule has 0 radical (unpaired) electrons. The van der Waals surface area contributed by atoms with Crippen LogP contribution in [0.15, 0.2) is 66.2 Å². The molecule has 0 saturated heterocycles. The zero-order valence-electron chi connectivity index (χ0n) is 12.6. The van der Waals surface area contributed by atoms with Gasteiger partial charge in [0.15, 0.2) is 0 Å². The van der Waals surface area contributed by atoms with Crippen LogP contribution < -0.4 is 5.32 Å². The third-order valence-corrected chi connectivity index (χ3v) is 5.06. The standard InChI is InChI=1S/C18H17N3OS/c22-18(19-14-6-2-1-3-7-14)21-12-11-20-10-4-8-15(20)17(21)16-9-5-13-23-16/h1-10,13,17H,11-12H2,(H,19,22)/t17-/m0/s1. The highest BCUT2D eigenvalue weighted by atomic mass is 32.1. The number of hydrogen-bond acceptors (Lipinski definition) is 2. The Morgan fingerprint density at radius 1 is 1.04 bits per heavy atom. The van der Waals surface area contributed by atoms with Crippen molar-refractivity contribution in [3.8, 4) is 0 Å². The van der Waals surface area contributed by atoms with E-state index in [-0.39, 0.29) is 12.1 Å². The van der Waals surface area contributed by atoms with Crippen LogP contribution in [-0.4, -0.2) is 22.0 Å². The number of nitrogens with zero attached hydrogens (tertiary/aromatic N) is 2. The van der Waals surface area contributed by atoms with Crippen LogP contribution in [0.1, 0.15) is 16.6 Å². The minimum atomic E-state index is -0.0537. The summed E-state index contributed by atoms with van der Waals surface area (Å²) in [4.78, 5) is 15.9. The van der Waals surface area contributed by atoms with Gasteiger partial charge in [-0.05, 0) is 35.7 Å². The molecule has 4 nitrogen and oxygen atoms in total. The van der Waals surface area contributed by atoms with E-state index in [9.17, 15) is 4.79 Å². The number of aromatic nitrogens is 1. The fourth-order valence-electron chi connectivity index (χ4n) is 3.07. The number of rotatable bonds is 2. The van der Waals surface area contributed by atoms with E-state index >= 15 is 0 Å². The topological polar surface area (TPSA) is 37.3 Å². The Morgan fingerprint density at radius 2 is 1.91 bits per heavy atom. The summed E-state index contributed by atoms with van der Waals surface area (Å²) in [5.74, 6) is 0. The van der Waals surface area contributed by atoms with Crippen molar-refractivity contribution >= 4 is 23.1 Å². The maximum atomic E-state index is 12.8. The summed E-state index contributed by atoms with van der Waals surface area (Å²) >= 11 is 1.69. The number of para-hydroxylation sites is 1. The van der Waals surface area contributed by atoms with Crippen molar-refractivity contribution in [2.45, 2.75) is 12.6 Å². The lowest BCUT2D eigenvalue weighted by Gasteiger charge is -2.36. The molecule has 0 spiro atoms. The predicted octanol–water partition coefficient (Wildman–Crippen LogP) is 4.19. The summed E-state index contributed by atoms with van der Waals surface area (Å²) in [5.41, 5.74) is 1.99. The molecule has 2 amide bonds. The maximum Gasteiger partial charge on any atom is 0.322 e. The molecule has 23 heavy (non-hydrogen) atoms. The molecule has 1 aliphatic rings. The molecule has 1 aliphatic heterocycles. The van der Waals surface area contributed by atoms with Crippen LogP contribution in [0.5, 0.6) is 0 Å². The fraction of sp³-hybridized carbons (Fsp3) is 0.167. The first-order valence-electron chi connectivity index (χ1n) is 7.64. The van der Waals surface area contributed by atoms with Crippen LogP contribution in [-0.2, 0) is 6.54 Å². The fourth-order valence-corrected chi connectivity index (χ4v) is 3.91. The van der Waals surface area contributed by atoms with Gasteiger partial charge in [-0.2, -0.15) is 0 Å². The number of urea groups is 1. The predicted molar refractivity (Wildman–Crippen MR) is 92.8 cm³/mol. The number of nitrogens with one attached hydrogen (secondary N) is 1. The smallest absolute Gasteiger partial charge is 0.322 e. The summed E-state index contributed by atoms with van der Waals surface area (Å²) in [6.07, 6.45) is 2.09. The highest BCUT2D eigenvalue weighted by molar-refractivity contribution is 7.10. The highest BCUT2D eigenvalue weighted by Crippen LogP contribution is 2.35. The lowest BCUT2D eigenvalue weighted by Crippen LogP contribution is -2.44. The molecular formula is C18H17N3OS. The van der Waals surface area contributed by atoms with Crippen LogP contribution in [0.25, 0.3) is 0 Å². The Balaban J connectivity index is 1.66. The van der Waals surface area contributed by atoms with Gasteiger partial charge < -0.3 is 14.8 Å². The van der Waals surface area contributed by atoms with Gasteiger partial charge in [0.25, 0.3) is 0 Å². The SMILES string of the molecule is O=C(Nc1ccccc1)N1CCn2cccc2[C@H]1c1cccs1. The number of hydrogen-bond donors (Lipinski definition) is 1. The van der Waals surface area contributed by atoms with Crippen LogP contribution in [0.2, 0.25) is 0 Å². The van der Waals surface area contributed by atoms with Gasteiger partial charge in [0.1, 0.15) is 6.04 Å². The van der Waals surface area contributed by atoms with E-state index in [0.717, 1.165) is 12.2 Å². The summed E-state index contributed by atoms with van der Waals surface area (Å²) in [5, 5.41) is 5.07. The number of amides is 2. The molecule has 1 aromatic carbocycles. The van der Waals surface area contributed by atoms with Gasteiger partial charge in [0.05, 0.1) is 0 Å². The average Bonchev–Trinajstić information content (AvgIpc) is 3.26. The number of carbonyl (C=O) groups excluding carboxylic acids is 1. The van der Waals surface area contributed by atoms with Gasteiger partial charge in [-0.25, -0.2) is 4.79 Å². The monoisotopic (exact) mass is 323 g/mol. The second-order valence-corrected chi connectivity index (χ2v) is 6.51. The molecule has 0 unspecified atom stereocenters. The Labute approximate surface area is 139 Å². The Kier molecular flexibility index (Phi) is 3.63. The van der Waals surface area contributed by atoms with Gasteiger partial charge in [-0.3, -0.25) is 0 Å². The van der Waals surface area contributed by atoms with E-state index in [0.29, 0.717) is 6.54 Å². The Hall–Kier alpha value is -2.53. The summed E-state index contributed by atoms with van der Waals surface area (Å²) in [7, 11) is 0. The van der Waals surface area contributed by atoms with E-state index in [4.69, 9.17) is 0 Å². The van der Waals surface area contributed by atoms with Crippen LogP contribution >= 0.6 is 11.3 Å². The van der Waals surface area contributed by atoms with Crippen molar-refractivity contribution in [3.05, 3.63) is 76.7 Å². The minimum Gasteiger partial charge on any atom is -0.347 e. The van der Waals surface area contributed by atoms with Crippen LogP contribution in [0.3, 0.4) is 0 Å². The Bertz CT molecular complexity index is 795. The summed E-state index contributed by atoms with van der Waals surface area (Å²) in [6, 6.07) is 17.8. The van der Waals surface area contributed by atoms with E-state index in [1.54, 1.807) is 11.3 Å². The first-order valence-corrected chi connectivity index (χ1v) is 8.52. The number of fused-ring (bicyclic) bond motifs is 1. The highest BCUT2D eigenvalue weighted by Gasteiger charge is 2.32. The molecule has 2 aromatic heterocycles. The van der Waals surface area contributed by atoms with Crippen molar-refractivity contribution in [1.29, 1.82) is 0 Å². The zero-order chi connectivity index (χ0) is 15.6. The van der Waals surface area contributed by atoms with Crippen LogP contribution in [0, 0.1) is 0 Å².